The van der Waals surface area contributed by atoms with Crippen LogP contribution < -0.4 is 5.32 Å². The topological polar surface area (TPSA) is 59.9 Å². The van der Waals surface area contributed by atoms with Crippen LogP contribution in [0, 0.1) is 0 Å². The highest BCUT2D eigenvalue weighted by molar-refractivity contribution is 5.90. The lowest BCUT2D eigenvalue weighted by Gasteiger charge is -2.14. The average molecular weight is 384 g/mol. The van der Waals surface area contributed by atoms with E-state index in [1.54, 1.807) is 12.4 Å². The molecule has 2 heterocycles. The second-order valence-corrected chi connectivity index (χ2v) is 6.83. The van der Waals surface area contributed by atoms with E-state index in [0.717, 1.165) is 35.3 Å². The predicted molar refractivity (Wildman–Crippen MR) is 116 cm³/mol. The third-order valence-corrected chi connectivity index (χ3v) is 4.69. The lowest BCUT2D eigenvalue weighted by Crippen LogP contribution is -2.07. The maximum Gasteiger partial charge on any atom is 0.163 e. The van der Waals surface area contributed by atoms with Gasteiger partial charge < -0.3 is 10.1 Å². The molecule has 0 unspecified atom stereocenters. The fraction of sp³-hybridized carbons (Fsp3) is 0.208. The van der Waals surface area contributed by atoms with E-state index >= 15 is 0 Å². The van der Waals surface area contributed by atoms with Crippen LogP contribution in [0.3, 0.4) is 0 Å². The van der Waals surface area contributed by atoms with E-state index in [-0.39, 0.29) is 0 Å². The Morgan fingerprint density at radius 1 is 0.897 bits per heavy atom. The Morgan fingerprint density at radius 2 is 1.72 bits per heavy atom. The van der Waals surface area contributed by atoms with Gasteiger partial charge in [0.2, 0.25) is 0 Å². The molecule has 4 aromatic rings. The smallest absolute Gasteiger partial charge is 0.163 e. The maximum atomic E-state index is 5.75. The minimum absolute atomic E-state index is 0.622. The van der Waals surface area contributed by atoms with Gasteiger partial charge in [0.05, 0.1) is 12.1 Å². The van der Waals surface area contributed by atoms with Crippen molar-refractivity contribution in [2.24, 2.45) is 0 Å². The summed E-state index contributed by atoms with van der Waals surface area (Å²) < 4.78 is 5.75. The number of benzene rings is 2. The number of hydrogen-bond acceptors (Lipinski definition) is 5. The monoisotopic (exact) mass is 384 g/mol. The Labute approximate surface area is 170 Å². The van der Waals surface area contributed by atoms with Crippen LogP contribution in [-0.2, 0) is 17.9 Å². The normalized spacial score (nSPS) is 10.9. The summed E-state index contributed by atoms with van der Waals surface area (Å²) in [6, 6.07) is 20.3. The number of fused-ring (bicyclic) bond motifs is 1. The molecule has 4 rings (SSSR count). The first-order valence-corrected chi connectivity index (χ1v) is 9.90. The van der Waals surface area contributed by atoms with Gasteiger partial charge in [-0.25, -0.2) is 9.97 Å². The van der Waals surface area contributed by atoms with Gasteiger partial charge in [-0.3, -0.25) is 4.98 Å². The zero-order valence-corrected chi connectivity index (χ0v) is 16.5. The second kappa shape index (κ2) is 9.26. The van der Waals surface area contributed by atoms with Crippen molar-refractivity contribution in [2.75, 3.05) is 11.9 Å². The van der Waals surface area contributed by atoms with Crippen molar-refractivity contribution in [1.82, 2.24) is 15.0 Å². The molecular weight excluding hydrogens is 360 g/mol. The average Bonchev–Trinajstić information content (AvgIpc) is 2.79. The molecule has 0 fully saturated rings. The number of ether oxygens (including phenoxy) is 1. The van der Waals surface area contributed by atoms with Gasteiger partial charge in [0.15, 0.2) is 5.82 Å². The fourth-order valence-corrected chi connectivity index (χ4v) is 3.21. The molecule has 0 bridgehead atoms. The van der Waals surface area contributed by atoms with Crippen molar-refractivity contribution in [1.29, 1.82) is 0 Å². The number of anilines is 1. The molecule has 2 aromatic heterocycles. The Kier molecular flexibility index (Phi) is 6.07. The van der Waals surface area contributed by atoms with Crippen LogP contribution in [0.4, 0.5) is 5.82 Å². The molecule has 0 aliphatic rings. The molecule has 2 aromatic carbocycles. The van der Waals surface area contributed by atoms with E-state index in [2.05, 4.69) is 41.5 Å². The minimum Gasteiger partial charge on any atom is -0.377 e. The molecule has 5 nitrogen and oxygen atoms in total. The molecule has 146 valence electrons. The molecule has 0 spiro atoms. The van der Waals surface area contributed by atoms with Gasteiger partial charge in [0.1, 0.15) is 5.82 Å². The van der Waals surface area contributed by atoms with Gasteiger partial charge in [0.25, 0.3) is 0 Å². The molecule has 0 saturated heterocycles. The maximum absolute atomic E-state index is 5.75. The van der Waals surface area contributed by atoms with Gasteiger partial charge in [-0.1, -0.05) is 43.3 Å². The molecule has 29 heavy (non-hydrogen) atoms. The summed E-state index contributed by atoms with van der Waals surface area (Å²) in [6.07, 6.45) is 4.56. The van der Waals surface area contributed by atoms with E-state index in [1.165, 1.54) is 11.1 Å². The Balaban J connectivity index is 1.63. The minimum atomic E-state index is 0.622. The molecule has 0 radical (unpaired) electrons. The number of nitrogens with zero attached hydrogens (tertiary/aromatic N) is 3. The molecular formula is C24H24N4O. The third kappa shape index (κ3) is 4.58. The van der Waals surface area contributed by atoms with Gasteiger partial charge >= 0.3 is 0 Å². The summed E-state index contributed by atoms with van der Waals surface area (Å²) in [7, 11) is 0. The summed E-state index contributed by atoms with van der Waals surface area (Å²) in [5, 5.41) is 4.52. The van der Waals surface area contributed by atoms with E-state index in [0.29, 0.717) is 19.0 Å². The van der Waals surface area contributed by atoms with Crippen LogP contribution in [0.15, 0.2) is 73.1 Å². The highest BCUT2D eigenvalue weighted by atomic mass is 16.5. The molecule has 5 heteroatoms. The number of pyridine rings is 1. The fourth-order valence-electron chi connectivity index (χ4n) is 3.21. The van der Waals surface area contributed by atoms with Gasteiger partial charge in [-0.2, -0.15) is 0 Å². The first-order valence-electron chi connectivity index (χ1n) is 9.90. The van der Waals surface area contributed by atoms with Gasteiger partial charge in [-0.05, 0) is 41.8 Å². The lowest BCUT2D eigenvalue weighted by molar-refractivity contribution is 0.121. The van der Waals surface area contributed by atoms with E-state index < -0.39 is 0 Å². The van der Waals surface area contributed by atoms with Crippen LogP contribution in [0.2, 0.25) is 0 Å². The van der Waals surface area contributed by atoms with E-state index in [1.807, 2.05) is 36.4 Å². The molecule has 0 amide bonds. The molecule has 0 saturated carbocycles. The zero-order valence-electron chi connectivity index (χ0n) is 16.5. The largest absolute Gasteiger partial charge is 0.377 e. The van der Waals surface area contributed by atoms with Crippen molar-refractivity contribution in [3.63, 3.8) is 0 Å². The Bertz CT molecular complexity index is 1080. The van der Waals surface area contributed by atoms with Crippen LogP contribution in [-0.4, -0.2) is 21.6 Å². The van der Waals surface area contributed by atoms with Crippen molar-refractivity contribution in [2.45, 2.75) is 26.5 Å². The first-order chi connectivity index (χ1) is 14.3. The summed E-state index contributed by atoms with van der Waals surface area (Å²) in [6.45, 7) is 4.18. The summed E-state index contributed by atoms with van der Waals surface area (Å²) in [4.78, 5) is 13.7. The van der Waals surface area contributed by atoms with Crippen molar-refractivity contribution in [3.8, 4) is 11.4 Å². The first kappa shape index (κ1) is 19.0. The second-order valence-electron chi connectivity index (χ2n) is 6.83. The van der Waals surface area contributed by atoms with Crippen LogP contribution in [0.25, 0.3) is 22.3 Å². The Hall–Kier alpha value is -3.31. The highest BCUT2D eigenvalue weighted by Gasteiger charge is 2.10. The van der Waals surface area contributed by atoms with Crippen molar-refractivity contribution in [3.05, 3.63) is 84.2 Å². The van der Waals surface area contributed by atoms with E-state index in [9.17, 15) is 0 Å². The van der Waals surface area contributed by atoms with Gasteiger partial charge in [-0.15, -0.1) is 0 Å². The van der Waals surface area contributed by atoms with Crippen LogP contribution in [0.1, 0.15) is 24.5 Å². The third-order valence-electron chi connectivity index (χ3n) is 4.69. The number of aromatic nitrogens is 3. The van der Waals surface area contributed by atoms with Crippen molar-refractivity contribution >= 4 is 16.7 Å². The van der Waals surface area contributed by atoms with Crippen LogP contribution in [0.5, 0.6) is 0 Å². The Morgan fingerprint density at radius 3 is 2.55 bits per heavy atom. The molecule has 1 N–H and O–H groups in total. The standard InChI is InChI=1S/C24H24N4O/c1-2-14-29-17-20-9-4-3-8-18(20)16-26-24-21-11-5-6-12-22(21)27-23(28-24)19-10-7-13-25-15-19/h3-13,15H,2,14,16-17H2,1H3,(H,26,27,28). The highest BCUT2D eigenvalue weighted by Crippen LogP contribution is 2.25. The molecule has 0 aliphatic carbocycles. The quantitative estimate of drug-likeness (QED) is 0.422. The summed E-state index contributed by atoms with van der Waals surface area (Å²) in [5.41, 5.74) is 4.20. The van der Waals surface area contributed by atoms with Crippen LogP contribution >= 0.6 is 0 Å². The van der Waals surface area contributed by atoms with Gasteiger partial charge in [0, 0.05) is 36.5 Å². The number of rotatable bonds is 8. The lowest BCUT2D eigenvalue weighted by atomic mass is 10.1. The number of para-hydroxylation sites is 1. The molecule has 0 aliphatic heterocycles. The van der Waals surface area contributed by atoms with E-state index in [4.69, 9.17) is 14.7 Å². The number of nitrogens with one attached hydrogen (secondary N) is 1. The zero-order chi connectivity index (χ0) is 19.9. The summed E-state index contributed by atoms with van der Waals surface area (Å²) in [5.74, 6) is 1.48. The number of hydrogen-bond donors (Lipinski definition) is 1. The molecule has 0 atom stereocenters. The predicted octanol–water partition coefficient (Wildman–Crippen LogP) is 5.23. The SMILES string of the molecule is CCCOCc1ccccc1CNc1nc(-c2cccnc2)nc2ccccc12. The van der Waals surface area contributed by atoms with Crippen molar-refractivity contribution < 1.29 is 4.74 Å². The summed E-state index contributed by atoms with van der Waals surface area (Å²) >= 11 is 0.